The van der Waals surface area contributed by atoms with E-state index in [2.05, 4.69) is 41.7 Å². The molecule has 3 heteroatoms. The molecule has 1 saturated heterocycles. The zero-order valence-corrected chi connectivity index (χ0v) is 12.7. The predicted octanol–water partition coefficient (Wildman–Crippen LogP) is 4.20. The quantitative estimate of drug-likeness (QED) is 0.914. The highest BCUT2D eigenvalue weighted by Gasteiger charge is 2.21. The first-order valence-electron chi connectivity index (χ1n) is 7.49. The summed E-state index contributed by atoms with van der Waals surface area (Å²) in [6.45, 7) is 2.07. The Balaban J connectivity index is 1.85. The molecule has 0 amide bonds. The predicted molar refractivity (Wildman–Crippen MR) is 86.7 cm³/mol. The Morgan fingerprint density at radius 3 is 2.19 bits per heavy atom. The number of nitrogens with one attached hydrogen (secondary N) is 1. The van der Waals surface area contributed by atoms with Gasteiger partial charge in [-0.3, -0.25) is 0 Å². The lowest BCUT2D eigenvalue weighted by molar-refractivity contribution is -0.00805. The van der Waals surface area contributed by atoms with Crippen LogP contribution in [0.25, 0.3) is 0 Å². The van der Waals surface area contributed by atoms with Gasteiger partial charge in [0.1, 0.15) is 6.10 Å². The minimum atomic E-state index is -0.0217. The summed E-state index contributed by atoms with van der Waals surface area (Å²) in [4.78, 5) is 0. The van der Waals surface area contributed by atoms with Crippen molar-refractivity contribution in [2.75, 3.05) is 13.1 Å². The van der Waals surface area contributed by atoms with Gasteiger partial charge in [0.25, 0.3) is 0 Å². The van der Waals surface area contributed by atoms with E-state index in [4.69, 9.17) is 16.3 Å². The summed E-state index contributed by atoms with van der Waals surface area (Å²) in [5, 5.41) is 4.13. The van der Waals surface area contributed by atoms with Crippen LogP contribution in [0.2, 0.25) is 5.02 Å². The van der Waals surface area contributed by atoms with Crippen molar-refractivity contribution >= 4 is 11.6 Å². The highest BCUT2D eigenvalue weighted by atomic mass is 35.5. The van der Waals surface area contributed by atoms with Gasteiger partial charge in [-0.2, -0.15) is 0 Å². The Labute approximate surface area is 131 Å². The van der Waals surface area contributed by atoms with Gasteiger partial charge in [0.2, 0.25) is 0 Å². The molecule has 1 fully saturated rings. The lowest BCUT2D eigenvalue weighted by Crippen LogP contribution is -2.33. The average Bonchev–Trinajstić information content (AvgIpc) is 2.55. The highest BCUT2D eigenvalue weighted by molar-refractivity contribution is 6.30. The molecule has 1 atom stereocenters. The Morgan fingerprint density at radius 2 is 1.52 bits per heavy atom. The maximum absolute atomic E-state index is 6.42. The second kappa shape index (κ2) is 7.08. The molecule has 1 unspecified atom stereocenters. The zero-order chi connectivity index (χ0) is 14.5. The maximum atomic E-state index is 6.42. The van der Waals surface area contributed by atoms with Crippen molar-refractivity contribution in [2.24, 2.45) is 0 Å². The van der Waals surface area contributed by atoms with Crippen LogP contribution < -0.4 is 5.32 Å². The smallest absolute Gasteiger partial charge is 0.108 e. The van der Waals surface area contributed by atoms with Crippen LogP contribution in [0.4, 0.5) is 0 Å². The number of ether oxygens (including phenoxy) is 1. The molecule has 0 aliphatic carbocycles. The van der Waals surface area contributed by atoms with Crippen molar-refractivity contribution in [1.29, 1.82) is 0 Å². The lowest BCUT2D eigenvalue weighted by Gasteiger charge is -2.28. The molecule has 110 valence electrons. The summed E-state index contributed by atoms with van der Waals surface area (Å²) in [5.74, 6) is 0. The van der Waals surface area contributed by atoms with Crippen molar-refractivity contribution in [2.45, 2.75) is 25.0 Å². The molecule has 3 rings (SSSR count). The Kier molecular flexibility index (Phi) is 4.91. The zero-order valence-electron chi connectivity index (χ0n) is 12.0. The summed E-state index contributed by atoms with van der Waals surface area (Å²) in [7, 11) is 0. The van der Waals surface area contributed by atoms with Crippen molar-refractivity contribution in [3.8, 4) is 0 Å². The molecule has 1 N–H and O–H groups in total. The molecule has 1 aliphatic rings. The molecule has 21 heavy (non-hydrogen) atoms. The molecule has 1 aliphatic heterocycles. The second-order valence-electron chi connectivity index (χ2n) is 5.43. The molecule has 2 aromatic carbocycles. The van der Waals surface area contributed by atoms with E-state index in [1.54, 1.807) is 0 Å². The molecule has 2 aromatic rings. The third-order valence-corrected chi connectivity index (χ3v) is 4.14. The first-order valence-corrected chi connectivity index (χ1v) is 7.87. The Bertz CT molecular complexity index is 549. The third-order valence-electron chi connectivity index (χ3n) is 3.89. The maximum Gasteiger partial charge on any atom is 0.108 e. The van der Waals surface area contributed by atoms with Crippen molar-refractivity contribution in [1.82, 2.24) is 5.32 Å². The van der Waals surface area contributed by atoms with Crippen LogP contribution in [0.1, 0.15) is 30.1 Å². The molecule has 0 spiro atoms. The van der Waals surface area contributed by atoms with E-state index < -0.39 is 0 Å². The lowest BCUT2D eigenvalue weighted by atomic mass is 10.0. The summed E-state index contributed by atoms with van der Waals surface area (Å²) >= 11 is 6.01. The standard InChI is InChI=1S/C18H20ClNO/c19-16-8-6-15(7-9-16)18(14-4-2-1-3-5-14)21-17-10-12-20-13-11-17/h1-9,17-18,20H,10-13H2. The van der Waals surface area contributed by atoms with Crippen LogP contribution in [-0.4, -0.2) is 19.2 Å². The van der Waals surface area contributed by atoms with Gasteiger partial charge in [0.05, 0.1) is 6.10 Å². The first kappa shape index (κ1) is 14.6. The monoisotopic (exact) mass is 301 g/mol. The van der Waals surface area contributed by atoms with E-state index >= 15 is 0 Å². The fraction of sp³-hybridized carbons (Fsp3) is 0.333. The fourth-order valence-corrected chi connectivity index (χ4v) is 2.86. The average molecular weight is 302 g/mol. The van der Waals surface area contributed by atoms with Gasteiger partial charge < -0.3 is 10.1 Å². The summed E-state index contributed by atoms with van der Waals surface area (Å²) in [6.07, 6.45) is 2.42. The van der Waals surface area contributed by atoms with Gasteiger partial charge in [-0.1, -0.05) is 54.1 Å². The van der Waals surface area contributed by atoms with Gasteiger partial charge in [0.15, 0.2) is 0 Å². The van der Waals surface area contributed by atoms with E-state index in [0.717, 1.165) is 36.5 Å². The SMILES string of the molecule is Clc1ccc(C(OC2CCNCC2)c2ccccc2)cc1. The number of hydrogen-bond acceptors (Lipinski definition) is 2. The summed E-state index contributed by atoms with van der Waals surface area (Å²) < 4.78 is 6.42. The normalized spacial score (nSPS) is 17.6. The Morgan fingerprint density at radius 1 is 0.905 bits per heavy atom. The minimum Gasteiger partial charge on any atom is -0.365 e. The summed E-state index contributed by atoms with van der Waals surface area (Å²) in [5.41, 5.74) is 2.35. The van der Waals surface area contributed by atoms with Crippen molar-refractivity contribution < 1.29 is 4.74 Å². The van der Waals surface area contributed by atoms with E-state index in [9.17, 15) is 0 Å². The Hall–Kier alpha value is -1.35. The third kappa shape index (κ3) is 3.85. The number of hydrogen-bond donors (Lipinski definition) is 1. The van der Waals surface area contributed by atoms with Crippen LogP contribution in [0.5, 0.6) is 0 Å². The topological polar surface area (TPSA) is 21.3 Å². The van der Waals surface area contributed by atoms with E-state index in [1.165, 1.54) is 5.56 Å². The number of piperidine rings is 1. The fourth-order valence-electron chi connectivity index (χ4n) is 2.74. The van der Waals surface area contributed by atoms with Gasteiger partial charge in [-0.25, -0.2) is 0 Å². The largest absolute Gasteiger partial charge is 0.365 e. The van der Waals surface area contributed by atoms with Crippen LogP contribution in [-0.2, 0) is 4.74 Å². The van der Waals surface area contributed by atoms with Gasteiger partial charge in [-0.15, -0.1) is 0 Å². The molecule has 0 saturated carbocycles. The number of rotatable bonds is 4. The molecule has 0 aromatic heterocycles. The van der Waals surface area contributed by atoms with E-state index in [0.29, 0.717) is 6.10 Å². The molecule has 2 nitrogen and oxygen atoms in total. The number of halogens is 1. The second-order valence-corrected chi connectivity index (χ2v) is 5.86. The molecule has 1 heterocycles. The molecule has 0 bridgehead atoms. The van der Waals surface area contributed by atoms with Gasteiger partial charge >= 0.3 is 0 Å². The van der Waals surface area contributed by atoms with Crippen LogP contribution >= 0.6 is 11.6 Å². The molecular formula is C18H20ClNO. The van der Waals surface area contributed by atoms with Crippen LogP contribution in [0, 0.1) is 0 Å². The minimum absolute atomic E-state index is 0.0217. The van der Waals surface area contributed by atoms with Gasteiger partial charge in [0, 0.05) is 5.02 Å². The van der Waals surface area contributed by atoms with E-state index in [-0.39, 0.29) is 6.10 Å². The summed E-state index contributed by atoms with van der Waals surface area (Å²) in [6, 6.07) is 18.4. The molecule has 0 radical (unpaired) electrons. The van der Waals surface area contributed by atoms with Gasteiger partial charge in [-0.05, 0) is 49.2 Å². The molecular weight excluding hydrogens is 282 g/mol. The van der Waals surface area contributed by atoms with Crippen LogP contribution in [0.15, 0.2) is 54.6 Å². The highest BCUT2D eigenvalue weighted by Crippen LogP contribution is 2.30. The van der Waals surface area contributed by atoms with Crippen LogP contribution in [0.3, 0.4) is 0 Å². The first-order chi connectivity index (χ1) is 10.3. The van der Waals surface area contributed by atoms with Crippen molar-refractivity contribution in [3.05, 3.63) is 70.7 Å². The number of benzene rings is 2. The van der Waals surface area contributed by atoms with Crippen molar-refractivity contribution in [3.63, 3.8) is 0 Å². The van der Waals surface area contributed by atoms with E-state index in [1.807, 2.05) is 18.2 Å².